The molecule has 3 nitrogen and oxygen atoms in total. The number of hydrogen-bond acceptors (Lipinski definition) is 3. The van der Waals surface area contributed by atoms with Crippen LogP contribution in [0.5, 0.6) is 0 Å². The van der Waals surface area contributed by atoms with Crippen molar-refractivity contribution >= 4 is 14.9 Å². The molecule has 1 aromatic carbocycles. The summed E-state index contributed by atoms with van der Waals surface area (Å²) in [6.45, 7) is 3.27. The molecule has 100 valence electrons. The molecule has 0 N–H and O–H groups in total. The molecule has 0 fully saturated rings. The molecule has 0 aliphatic carbocycles. The third kappa shape index (κ3) is 4.41. The summed E-state index contributed by atoms with van der Waals surface area (Å²) in [7, 11) is -0.536. The summed E-state index contributed by atoms with van der Waals surface area (Å²) in [5.41, 5.74) is 0. The molecule has 0 atom stereocenters. The minimum absolute atomic E-state index is 0.0710. The van der Waals surface area contributed by atoms with Gasteiger partial charge in [0.25, 0.3) is 16.2 Å². The molecule has 0 heterocycles. The van der Waals surface area contributed by atoms with Crippen molar-refractivity contribution in [2.75, 3.05) is 13.2 Å². The third-order valence-electron chi connectivity index (χ3n) is 1.88. The topological polar surface area (TPSA) is 27.7 Å². The fraction of sp³-hybridized carbons (Fsp3) is 0.455. The lowest BCUT2D eigenvalue weighted by molar-refractivity contribution is -0.242. The fourth-order valence-electron chi connectivity index (χ4n) is 1.10. The van der Waals surface area contributed by atoms with E-state index in [9.17, 15) is 13.2 Å². The quantitative estimate of drug-likeness (QED) is 0.432. The Morgan fingerprint density at radius 1 is 1.00 bits per heavy atom. The van der Waals surface area contributed by atoms with E-state index < -0.39 is 33.7 Å². The molecule has 0 saturated carbocycles. The van der Waals surface area contributed by atoms with E-state index in [-0.39, 0.29) is 5.19 Å². The summed E-state index contributed by atoms with van der Waals surface area (Å²) in [4.78, 5) is 0. The first-order chi connectivity index (χ1) is 8.58. The van der Waals surface area contributed by atoms with E-state index in [0.29, 0.717) is 19.3 Å². The SMILES string of the molecule is CCOC(OCC)O[Si]c1cc(F)c(F)cc1F. The molecule has 7 heteroatoms. The smallest absolute Gasteiger partial charge is 0.278 e. The highest BCUT2D eigenvalue weighted by Gasteiger charge is 2.15. The van der Waals surface area contributed by atoms with Gasteiger partial charge in [-0.1, -0.05) is 0 Å². The van der Waals surface area contributed by atoms with Gasteiger partial charge < -0.3 is 13.9 Å². The molecule has 0 aromatic heterocycles. The maximum atomic E-state index is 13.3. The monoisotopic (exact) mass is 278 g/mol. The van der Waals surface area contributed by atoms with Crippen LogP contribution in [0.15, 0.2) is 12.1 Å². The Morgan fingerprint density at radius 2 is 1.56 bits per heavy atom. The number of ether oxygens (including phenoxy) is 2. The van der Waals surface area contributed by atoms with Crippen LogP contribution in [0.4, 0.5) is 13.2 Å². The van der Waals surface area contributed by atoms with Crippen molar-refractivity contribution < 1.29 is 27.1 Å². The zero-order valence-corrected chi connectivity index (χ0v) is 11.0. The van der Waals surface area contributed by atoms with Gasteiger partial charge in [-0.2, -0.15) is 0 Å². The first kappa shape index (κ1) is 15.2. The summed E-state index contributed by atoms with van der Waals surface area (Å²) < 4.78 is 54.2. The molecule has 0 aliphatic rings. The predicted molar refractivity (Wildman–Crippen MR) is 59.8 cm³/mol. The van der Waals surface area contributed by atoms with E-state index >= 15 is 0 Å². The average molecular weight is 278 g/mol. The van der Waals surface area contributed by atoms with Crippen molar-refractivity contribution in [2.45, 2.75) is 20.3 Å². The Balaban J connectivity index is 2.64. The van der Waals surface area contributed by atoms with Crippen LogP contribution in [0.25, 0.3) is 0 Å². The summed E-state index contributed by atoms with van der Waals surface area (Å²) in [6, 6.07) is 1.25. The van der Waals surface area contributed by atoms with Gasteiger partial charge in [-0.3, -0.25) is 0 Å². The molecule has 0 amide bonds. The van der Waals surface area contributed by atoms with Gasteiger partial charge in [-0.05, 0) is 19.9 Å². The molecular weight excluding hydrogens is 265 g/mol. The maximum absolute atomic E-state index is 13.3. The zero-order chi connectivity index (χ0) is 13.5. The summed E-state index contributed by atoms with van der Waals surface area (Å²) in [6.07, 6.45) is 0. The van der Waals surface area contributed by atoms with Gasteiger partial charge in [-0.15, -0.1) is 0 Å². The van der Waals surface area contributed by atoms with Crippen LogP contribution < -0.4 is 5.19 Å². The van der Waals surface area contributed by atoms with Crippen molar-refractivity contribution in [3.8, 4) is 0 Å². The van der Waals surface area contributed by atoms with Gasteiger partial charge in [-0.25, -0.2) is 13.2 Å². The Bertz CT molecular complexity index is 384. The predicted octanol–water partition coefficient (Wildman–Crippen LogP) is 1.72. The molecule has 0 aliphatic heterocycles. The van der Waals surface area contributed by atoms with Crippen molar-refractivity contribution in [3.05, 3.63) is 29.6 Å². The zero-order valence-electron chi connectivity index (χ0n) is 10.0. The lowest BCUT2D eigenvalue weighted by atomic mass is 10.3. The van der Waals surface area contributed by atoms with Crippen molar-refractivity contribution in [1.82, 2.24) is 0 Å². The normalized spacial score (nSPS) is 11.2. The van der Waals surface area contributed by atoms with Gasteiger partial charge in [0, 0.05) is 24.5 Å². The summed E-state index contributed by atoms with van der Waals surface area (Å²) in [5, 5.41) is -0.0710. The van der Waals surface area contributed by atoms with E-state index in [4.69, 9.17) is 13.9 Å². The fourth-order valence-corrected chi connectivity index (χ4v) is 1.82. The minimum atomic E-state index is -1.23. The van der Waals surface area contributed by atoms with E-state index in [1.807, 2.05) is 0 Å². The van der Waals surface area contributed by atoms with Crippen LogP contribution in [0.1, 0.15) is 13.8 Å². The second-order valence-corrected chi connectivity index (χ2v) is 4.14. The Kier molecular flexibility index (Phi) is 6.34. The van der Waals surface area contributed by atoms with Gasteiger partial charge in [0.15, 0.2) is 11.6 Å². The largest absolute Gasteiger partial charge is 0.366 e. The maximum Gasteiger partial charge on any atom is 0.278 e. The van der Waals surface area contributed by atoms with Crippen LogP contribution in [-0.2, 0) is 13.9 Å². The number of rotatable bonds is 7. The van der Waals surface area contributed by atoms with Gasteiger partial charge in [0.1, 0.15) is 5.82 Å². The first-order valence-corrected chi connectivity index (χ1v) is 6.28. The molecule has 2 radical (unpaired) electrons. The molecule has 0 bridgehead atoms. The second-order valence-electron chi connectivity index (χ2n) is 3.17. The van der Waals surface area contributed by atoms with Gasteiger partial charge >= 0.3 is 0 Å². The van der Waals surface area contributed by atoms with Crippen molar-refractivity contribution in [1.29, 1.82) is 0 Å². The number of hydrogen-bond donors (Lipinski definition) is 0. The summed E-state index contributed by atoms with van der Waals surface area (Å²) in [5.74, 6) is -3.21. The molecular formula is C11H13F3O3Si. The van der Waals surface area contributed by atoms with Crippen molar-refractivity contribution in [2.24, 2.45) is 0 Å². The standard InChI is InChI=1S/C11H13F3O3Si/c1-3-15-11(16-4-2)17-18-10-6-8(13)7(12)5-9(10)14/h5-6,11H,3-4H2,1-2H3. The molecule has 0 unspecified atom stereocenters. The molecule has 1 rings (SSSR count). The van der Waals surface area contributed by atoms with Crippen LogP contribution in [0, 0.1) is 17.5 Å². The number of halogens is 3. The highest BCUT2D eigenvalue weighted by Crippen LogP contribution is 2.06. The lowest BCUT2D eigenvalue weighted by Crippen LogP contribution is -2.30. The van der Waals surface area contributed by atoms with E-state index in [2.05, 4.69) is 0 Å². The van der Waals surface area contributed by atoms with Crippen LogP contribution in [0.3, 0.4) is 0 Å². The second kappa shape index (κ2) is 7.52. The Morgan fingerprint density at radius 3 is 2.11 bits per heavy atom. The van der Waals surface area contributed by atoms with Gasteiger partial charge in [0.05, 0.1) is 0 Å². The number of benzene rings is 1. The average Bonchev–Trinajstić information content (AvgIpc) is 2.32. The van der Waals surface area contributed by atoms with Crippen LogP contribution in [0.2, 0.25) is 0 Å². The summed E-state index contributed by atoms with van der Waals surface area (Å²) >= 11 is 0. The van der Waals surface area contributed by atoms with E-state index in [1.165, 1.54) is 0 Å². The Labute approximate surface area is 106 Å². The Hall–Kier alpha value is -0.893. The minimum Gasteiger partial charge on any atom is -0.366 e. The molecule has 0 spiro atoms. The van der Waals surface area contributed by atoms with E-state index in [0.717, 1.165) is 6.07 Å². The van der Waals surface area contributed by atoms with E-state index in [1.54, 1.807) is 13.8 Å². The van der Waals surface area contributed by atoms with Gasteiger partial charge in [0.2, 0.25) is 0 Å². The highest BCUT2D eigenvalue weighted by molar-refractivity contribution is 6.47. The van der Waals surface area contributed by atoms with Crippen molar-refractivity contribution in [3.63, 3.8) is 0 Å². The third-order valence-corrected chi connectivity index (χ3v) is 2.79. The lowest BCUT2D eigenvalue weighted by Gasteiger charge is -2.16. The molecule has 0 saturated heterocycles. The molecule has 1 aromatic rings. The highest BCUT2D eigenvalue weighted by atomic mass is 28.2. The first-order valence-electron chi connectivity index (χ1n) is 5.37. The van der Waals surface area contributed by atoms with Crippen LogP contribution >= 0.6 is 0 Å². The molecule has 18 heavy (non-hydrogen) atoms. The van der Waals surface area contributed by atoms with Crippen LogP contribution in [-0.4, -0.2) is 29.5 Å².